The Morgan fingerprint density at radius 1 is 0.532 bits per heavy atom. The molecule has 0 saturated carbocycles. The molecule has 9 aromatic rings. The second-order valence-electron chi connectivity index (χ2n) is 13.0. The van der Waals surface area contributed by atoms with Crippen LogP contribution in [0.15, 0.2) is 140 Å². The van der Waals surface area contributed by atoms with Crippen LogP contribution >= 0.6 is 11.3 Å². The van der Waals surface area contributed by atoms with E-state index in [1.54, 1.807) is 0 Å². The Morgan fingerprint density at radius 3 is 2.13 bits per heavy atom. The van der Waals surface area contributed by atoms with Gasteiger partial charge in [0.15, 0.2) is 5.82 Å². The quantitative estimate of drug-likeness (QED) is 0.197. The summed E-state index contributed by atoms with van der Waals surface area (Å²) in [6.45, 7) is 4.73. The monoisotopic (exact) mass is 619 g/mol. The molecule has 0 atom stereocenters. The summed E-state index contributed by atoms with van der Waals surface area (Å²) in [5.41, 5.74) is 12.8. The van der Waals surface area contributed by atoms with E-state index in [9.17, 15) is 0 Å². The van der Waals surface area contributed by atoms with Gasteiger partial charge in [-0.15, -0.1) is 11.3 Å². The largest absolute Gasteiger partial charge is 0.307 e. The van der Waals surface area contributed by atoms with Crippen molar-refractivity contribution >= 4 is 53.4 Å². The van der Waals surface area contributed by atoms with Gasteiger partial charge in [-0.3, -0.25) is 0 Å². The molecule has 0 aliphatic carbocycles. The van der Waals surface area contributed by atoms with E-state index in [-0.39, 0.29) is 5.41 Å². The van der Waals surface area contributed by atoms with Crippen LogP contribution in [0.3, 0.4) is 0 Å². The molecule has 4 heterocycles. The van der Waals surface area contributed by atoms with Crippen molar-refractivity contribution in [1.29, 1.82) is 0 Å². The molecule has 0 spiro atoms. The number of fused-ring (bicyclic) bond motifs is 8. The zero-order valence-corrected chi connectivity index (χ0v) is 26.8. The van der Waals surface area contributed by atoms with Gasteiger partial charge in [0, 0.05) is 37.4 Å². The Kier molecular flexibility index (Phi) is 5.50. The van der Waals surface area contributed by atoms with Crippen LogP contribution in [0.4, 0.5) is 0 Å². The predicted molar refractivity (Wildman–Crippen MR) is 198 cm³/mol. The summed E-state index contributed by atoms with van der Waals surface area (Å²) in [7, 11) is 0. The summed E-state index contributed by atoms with van der Waals surface area (Å²) in [6.07, 6.45) is 0. The molecule has 0 N–H and O–H groups in total. The van der Waals surface area contributed by atoms with Gasteiger partial charge in [0.2, 0.25) is 0 Å². The highest BCUT2D eigenvalue weighted by atomic mass is 32.1. The van der Waals surface area contributed by atoms with Gasteiger partial charge in [-0.1, -0.05) is 129 Å². The fourth-order valence-electron chi connectivity index (χ4n) is 7.69. The average molecular weight is 620 g/mol. The van der Waals surface area contributed by atoms with Crippen molar-refractivity contribution in [3.05, 3.63) is 151 Å². The SMILES string of the molecule is CC1(C)c2ccc(-c3cccc(-c4nc(-c5ccccc5)c5ccccc5n4)c3)cc2-n2c3c1cccc3c1sc3ccccc3c12. The third kappa shape index (κ3) is 3.79. The smallest absolute Gasteiger partial charge is 0.160 e. The van der Waals surface area contributed by atoms with Gasteiger partial charge in [-0.05, 0) is 46.5 Å². The van der Waals surface area contributed by atoms with E-state index in [0.717, 1.165) is 39.1 Å². The van der Waals surface area contributed by atoms with Crippen LogP contribution in [0.2, 0.25) is 0 Å². The first-order valence-corrected chi connectivity index (χ1v) is 16.9. The minimum absolute atomic E-state index is 0.131. The van der Waals surface area contributed by atoms with Crippen molar-refractivity contribution in [2.24, 2.45) is 0 Å². The van der Waals surface area contributed by atoms with Crippen LogP contribution in [0.5, 0.6) is 0 Å². The summed E-state index contributed by atoms with van der Waals surface area (Å²) in [5, 5.41) is 3.71. The molecule has 3 nitrogen and oxygen atoms in total. The van der Waals surface area contributed by atoms with Gasteiger partial charge in [0.1, 0.15) is 0 Å². The molecule has 0 bridgehead atoms. The van der Waals surface area contributed by atoms with Gasteiger partial charge >= 0.3 is 0 Å². The fourth-order valence-corrected chi connectivity index (χ4v) is 8.90. The van der Waals surface area contributed by atoms with E-state index in [2.05, 4.69) is 146 Å². The van der Waals surface area contributed by atoms with Crippen molar-refractivity contribution in [2.75, 3.05) is 0 Å². The molecule has 0 amide bonds. The lowest BCUT2D eigenvalue weighted by molar-refractivity contribution is 0.630. The first-order valence-electron chi connectivity index (χ1n) is 16.1. The van der Waals surface area contributed by atoms with E-state index in [4.69, 9.17) is 9.97 Å². The van der Waals surface area contributed by atoms with Crippen LogP contribution in [0, 0.1) is 0 Å². The number of benzene rings is 6. The second-order valence-corrected chi connectivity index (χ2v) is 14.1. The van der Waals surface area contributed by atoms with Crippen molar-refractivity contribution in [3.8, 4) is 39.5 Å². The molecule has 3 aromatic heterocycles. The molecule has 0 radical (unpaired) electrons. The molecule has 4 heteroatoms. The van der Waals surface area contributed by atoms with Crippen LogP contribution < -0.4 is 0 Å². The first kappa shape index (κ1) is 26.6. The van der Waals surface area contributed by atoms with E-state index in [1.807, 2.05) is 23.5 Å². The standard InChI is InChI=1S/C43H29N3S/c1-43(2)33-23-22-28(25-36(33)46-39-32(18-11-19-34(39)43)41-40(46)31-17-7-9-21-37(31)47-41)27-14-10-15-29(24-27)42-44-35-20-8-6-16-30(35)38(45-42)26-12-4-3-5-13-26/h3-25H,1-2H3. The summed E-state index contributed by atoms with van der Waals surface area (Å²) in [4.78, 5) is 10.2. The second kappa shape index (κ2) is 9.71. The van der Waals surface area contributed by atoms with Gasteiger partial charge in [0.05, 0.1) is 32.6 Å². The molecule has 0 unspecified atom stereocenters. The number of hydrogen-bond acceptors (Lipinski definition) is 3. The Balaban J connectivity index is 1.18. The Morgan fingerprint density at radius 2 is 1.23 bits per heavy atom. The van der Waals surface area contributed by atoms with E-state index < -0.39 is 0 Å². The van der Waals surface area contributed by atoms with E-state index >= 15 is 0 Å². The normalized spacial score (nSPS) is 13.5. The lowest BCUT2D eigenvalue weighted by atomic mass is 9.74. The first-order chi connectivity index (χ1) is 23.1. The highest BCUT2D eigenvalue weighted by molar-refractivity contribution is 7.26. The molecule has 10 rings (SSSR count). The molecular weight excluding hydrogens is 591 g/mol. The molecule has 0 fully saturated rings. The zero-order valence-electron chi connectivity index (χ0n) is 26.0. The summed E-state index contributed by atoms with van der Waals surface area (Å²) >= 11 is 1.90. The number of aromatic nitrogens is 3. The van der Waals surface area contributed by atoms with Crippen LogP contribution in [-0.2, 0) is 5.41 Å². The van der Waals surface area contributed by atoms with Crippen LogP contribution in [0.25, 0.3) is 81.6 Å². The lowest BCUT2D eigenvalue weighted by Gasteiger charge is -2.35. The molecule has 222 valence electrons. The number of para-hydroxylation sites is 2. The highest BCUT2D eigenvalue weighted by Gasteiger charge is 2.36. The highest BCUT2D eigenvalue weighted by Crippen LogP contribution is 2.51. The van der Waals surface area contributed by atoms with E-state index in [0.29, 0.717) is 0 Å². The average Bonchev–Trinajstić information content (AvgIpc) is 3.66. The Hall–Kier alpha value is -5.58. The minimum Gasteiger partial charge on any atom is -0.307 e. The van der Waals surface area contributed by atoms with Crippen LogP contribution in [-0.4, -0.2) is 14.5 Å². The lowest BCUT2D eigenvalue weighted by Crippen LogP contribution is -2.26. The number of hydrogen-bond donors (Lipinski definition) is 0. The summed E-state index contributed by atoms with van der Waals surface area (Å²) in [6, 6.07) is 50.1. The maximum Gasteiger partial charge on any atom is 0.160 e. The maximum atomic E-state index is 5.15. The van der Waals surface area contributed by atoms with Gasteiger partial charge in [0.25, 0.3) is 0 Å². The van der Waals surface area contributed by atoms with Crippen molar-refractivity contribution < 1.29 is 0 Å². The fraction of sp³-hybridized carbons (Fsp3) is 0.0698. The predicted octanol–water partition coefficient (Wildman–Crippen LogP) is 11.6. The molecule has 1 aliphatic heterocycles. The van der Waals surface area contributed by atoms with Crippen LogP contribution in [0.1, 0.15) is 25.0 Å². The van der Waals surface area contributed by atoms with Gasteiger partial charge < -0.3 is 4.57 Å². The minimum atomic E-state index is -0.131. The van der Waals surface area contributed by atoms with Gasteiger partial charge in [-0.25, -0.2) is 9.97 Å². The number of rotatable bonds is 3. The number of thiophene rings is 1. The molecule has 47 heavy (non-hydrogen) atoms. The zero-order chi connectivity index (χ0) is 31.3. The Labute approximate surface area is 276 Å². The topological polar surface area (TPSA) is 30.7 Å². The number of nitrogens with zero attached hydrogens (tertiary/aromatic N) is 3. The van der Waals surface area contributed by atoms with Crippen molar-refractivity contribution in [2.45, 2.75) is 19.3 Å². The maximum absolute atomic E-state index is 5.15. The van der Waals surface area contributed by atoms with E-state index in [1.165, 1.54) is 53.6 Å². The Bertz CT molecular complexity index is 2710. The molecule has 0 saturated heterocycles. The van der Waals surface area contributed by atoms with Crippen molar-refractivity contribution in [1.82, 2.24) is 14.5 Å². The molecular formula is C43H29N3S. The molecule has 6 aromatic carbocycles. The summed E-state index contributed by atoms with van der Waals surface area (Å²) in [5.74, 6) is 0.732. The third-order valence-corrected chi connectivity index (χ3v) is 11.2. The van der Waals surface area contributed by atoms with Crippen molar-refractivity contribution in [3.63, 3.8) is 0 Å². The summed E-state index contributed by atoms with van der Waals surface area (Å²) < 4.78 is 5.24. The molecule has 1 aliphatic rings. The van der Waals surface area contributed by atoms with Gasteiger partial charge in [-0.2, -0.15) is 0 Å². The third-order valence-electron chi connectivity index (χ3n) is 9.99.